The van der Waals surface area contributed by atoms with Crippen LogP contribution in [-0.2, 0) is 23.7 Å². The van der Waals surface area contributed by atoms with Gasteiger partial charge in [-0.15, -0.1) is 0 Å². The molecule has 2 amide bonds. The molecule has 0 aromatic carbocycles. The standard InChI is InChI=1S/C23H45N3O6/c1-8-18(4)20(24-22(28)32-23(5,6)7)21(27)26(17-19(30-9-2)31-10-3)12-11-25-13-15-29-16-14-25/h18-20H,8-17H2,1-7H3,(H,24,28)/t18-,20?/m0/s1. The van der Waals surface area contributed by atoms with Crippen LogP contribution in [0.25, 0.3) is 0 Å². The Morgan fingerprint density at radius 3 is 2.19 bits per heavy atom. The van der Waals surface area contributed by atoms with Crippen molar-refractivity contribution in [2.24, 2.45) is 5.92 Å². The summed E-state index contributed by atoms with van der Waals surface area (Å²) in [5.74, 6) is -0.207. The van der Waals surface area contributed by atoms with Crippen molar-refractivity contribution in [3.05, 3.63) is 0 Å². The molecule has 1 N–H and O–H groups in total. The lowest BCUT2D eigenvalue weighted by Crippen LogP contribution is -2.55. The maximum Gasteiger partial charge on any atom is 0.408 e. The van der Waals surface area contributed by atoms with Gasteiger partial charge in [0.05, 0.1) is 19.8 Å². The van der Waals surface area contributed by atoms with Crippen molar-refractivity contribution < 1.29 is 28.5 Å². The van der Waals surface area contributed by atoms with Gasteiger partial charge in [0.1, 0.15) is 11.6 Å². The molecule has 32 heavy (non-hydrogen) atoms. The highest BCUT2D eigenvalue weighted by Gasteiger charge is 2.33. The van der Waals surface area contributed by atoms with Gasteiger partial charge in [0.15, 0.2) is 6.29 Å². The fraction of sp³-hybridized carbons (Fsp3) is 0.913. The molecule has 9 nitrogen and oxygen atoms in total. The zero-order valence-electron chi connectivity index (χ0n) is 21.1. The van der Waals surface area contributed by atoms with E-state index >= 15 is 0 Å². The minimum Gasteiger partial charge on any atom is -0.444 e. The lowest BCUT2D eigenvalue weighted by atomic mass is 9.98. The Labute approximate surface area is 194 Å². The van der Waals surface area contributed by atoms with Crippen LogP contribution in [0.15, 0.2) is 0 Å². The van der Waals surface area contributed by atoms with Crippen molar-refractivity contribution in [3.63, 3.8) is 0 Å². The number of amides is 2. The second kappa shape index (κ2) is 14.7. The molecule has 0 bridgehead atoms. The Bertz CT molecular complexity index is 542. The molecule has 0 spiro atoms. The fourth-order valence-electron chi connectivity index (χ4n) is 3.40. The largest absolute Gasteiger partial charge is 0.444 e. The summed E-state index contributed by atoms with van der Waals surface area (Å²) in [6.45, 7) is 18.8. The summed E-state index contributed by atoms with van der Waals surface area (Å²) < 4.78 is 22.3. The molecule has 9 heteroatoms. The summed E-state index contributed by atoms with van der Waals surface area (Å²) in [5, 5.41) is 2.81. The van der Waals surface area contributed by atoms with E-state index in [0.717, 1.165) is 26.1 Å². The minimum atomic E-state index is -0.691. The first-order valence-corrected chi connectivity index (χ1v) is 11.9. The highest BCUT2D eigenvalue weighted by Crippen LogP contribution is 2.15. The van der Waals surface area contributed by atoms with Gasteiger partial charge in [-0.05, 0) is 40.5 Å². The molecule has 2 atom stereocenters. The number of nitrogens with zero attached hydrogens (tertiary/aromatic N) is 2. The van der Waals surface area contributed by atoms with Crippen molar-refractivity contribution >= 4 is 12.0 Å². The van der Waals surface area contributed by atoms with Crippen molar-refractivity contribution in [2.75, 3.05) is 59.2 Å². The molecule has 1 aliphatic rings. The molecule has 0 radical (unpaired) electrons. The Morgan fingerprint density at radius 1 is 1.09 bits per heavy atom. The molecule has 1 heterocycles. The first-order chi connectivity index (χ1) is 15.1. The summed E-state index contributed by atoms with van der Waals surface area (Å²) >= 11 is 0. The van der Waals surface area contributed by atoms with E-state index in [0.29, 0.717) is 39.5 Å². The molecule has 1 saturated heterocycles. The molecule has 0 aromatic rings. The second-order valence-electron chi connectivity index (χ2n) is 9.09. The summed E-state index contributed by atoms with van der Waals surface area (Å²) in [6, 6.07) is -0.691. The van der Waals surface area contributed by atoms with Gasteiger partial charge in [0.2, 0.25) is 5.91 Å². The fourth-order valence-corrected chi connectivity index (χ4v) is 3.40. The van der Waals surface area contributed by atoms with Crippen LogP contribution in [0, 0.1) is 5.92 Å². The van der Waals surface area contributed by atoms with Gasteiger partial charge >= 0.3 is 6.09 Å². The topological polar surface area (TPSA) is 89.6 Å². The molecule has 1 unspecified atom stereocenters. The number of ether oxygens (including phenoxy) is 4. The van der Waals surface area contributed by atoms with E-state index in [1.165, 1.54) is 0 Å². The first-order valence-electron chi connectivity index (χ1n) is 11.9. The summed E-state index contributed by atoms with van der Waals surface area (Å²) in [4.78, 5) is 30.2. The van der Waals surface area contributed by atoms with E-state index < -0.39 is 24.0 Å². The van der Waals surface area contributed by atoms with Gasteiger partial charge in [-0.1, -0.05) is 20.3 Å². The third kappa shape index (κ3) is 10.9. The van der Waals surface area contributed by atoms with E-state index in [1.54, 1.807) is 25.7 Å². The van der Waals surface area contributed by atoms with E-state index in [4.69, 9.17) is 18.9 Å². The maximum absolute atomic E-state index is 13.7. The van der Waals surface area contributed by atoms with E-state index in [1.807, 2.05) is 27.7 Å². The lowest BCUT2D eigenvalue weighted by molar-refractivity contribution is -0.161. The summed E-state index contributed by atoms with van der Waals surface area (Å²) in [6.07, 6.45) is -0.364. The predicted octanol–water partition coefficient (Wildman–Crippen LogP) is 2.49. The van der Waals surface area contributed by atoms with Crippen LogP contribution in [0.2, 0.25) is 0 Å². The van der Waals surface area contributed by atoms with Gasteiger partial charge in [-0.2, -0.15) is 0 Å². The average Bonchev–Trinajstić information content (AvgIpc) is 2.73. The first kappa shape index (κ1) is 28.6. The summed E-state index contributed by atoms with van der Waals surface area (Å²) in [7, 11) is 0. The number of carbonyl (C=O) groups excluding carboxylic acids is 2. The van der Waals surface area contributed by atoms with Crippen LogP contribution in [-0.4, -0.2) is 98.9 Å². The SMILES string of the molecule is CCOC(CN(CCN1CCOCC1)C(=O)C(NC(=O)OC(C)(C)C)[C@@H](C)CC)OCC. The van der Waals surface area contributed by atoms with Crippen LogP contribution in [0.5, 0.6) is 0 Å². The Morgan fingerprint density at radius 2 is 1.69 bits per heavy atom. The molecule has 0 saturated carbocycles. The quantitative estimate of drug-likeness (QED) is 0.423. The minimum absolute atomic E-state index is 0.0569. The maximum atomic E-state index is 13.7. The van der Waals surface area contributed by atoms with Crippen molar-refractivity contribution in [1.29, 1.82) is 0 Å². The number of hydrogen-bond acceptors (Lipinski definition) is 7. The number of morpholine rings is 1. The lowest BCUT2D eigenvalue weighted by Gasteiger charge is -2.35. The van der Waals surface area contributed by atoms with Gasteiger partial charge in [0.25, 0.3) is 0 Å². The van der Waals surface area contributed by atoms with Crippen LogP contribution in [0.4, 0.5) is 4.79 Å². The van der Waals surface area contributed by atoms with Crippen LogP contribution >= 0.6 is 0 Å². The number of nitrogens with one attached hydrogen (secondary N) is 1. The molecule has 1 aliphatic heterocycles. The average molecular weight is 460 g/mol. The number of alkyl carbamates (subject to hydrolysis) is 1. The molecule has 1 fully saturated rings. The van der Waals surface area contributed by atoms with Crippen LogP contribution in [0.3, 0.4) is 0 Å². The van der Waals surface area contributed by atoms with E-state index in [-0.39, 0.29) is 11.8 Å². The Kier molecular flexibility index (Phi) is 13.1. The number of carbonyl (C=O) groups is 2. The van der Waals surface area contributed by atoms with Gasteiger partial charge in [0, 0.05) is 39.4 Å². The molecule has 0 aliphatic carbocycles. The van der Waals surface area contributed by atoms with Gasteiger partial charge < -0.3 is 29.2 Å². The van der Waals surface area contributed by atoms with Gasteiger partial charge in [-0.25, -0.2) is 4.79 Å². The Hall–Kier alpha value is -1.42. The van der Waals surface area contributed by atoms with E-state index in [2.05, 4.69) is 10.2 Å². The third-order valence-electron chi connectivity index (χ3n) is 5.33. The second-order valence-corrected chi connectivity index (χ2v) is 9.09. The normalized spacial score (nSPS) is 17.1. The molecule has 188 valence electrons. The van der Waals surface area contributed by atoms with Crippen LogP contribution in [0.1, 0.15) is 54.9 Å². The van der Waals surface area contributed by atoms with E-state index in [9.17, 15) is 9.59 Å². The van der Waals surface area contributed by atoms with Crippen molar-refractivity contribution in [3.8, 4) is 0 Å². The van der Waals surface area contributed by atoms with Gasteiger partial charge in [-0.3, -0.25) is 9.69 Å². The van der Waals surface area contributed by atoms with Crippen molar-refractivity contribution in [1.82, 2.24) is 15.1 Å². The zero-order chi connectivity index (χ0) is 24.1. The smallest absolute Gasteiger partial charge is 0.408 e. The highest BCUT2D eigenvalue weighted by molar-refractivity contribution is 5.86. The third-order valence-corrected chi connectivity index (χ3v) is 5.33. The molecular weight excluding hydrogens is 414 g/mol. The molecule has 0 aromatic heterocycles. The molecule has 1 rings (SSSR count). The predicted molar refractivity (Wildman–Crippen MR) is 123 cm³/mol. The Balaban J connectivity index is 2.99. The van der Waals surface area contributed by atoms with Crippen LogP contribution < -0.4 is 5.32 Å². The molecular formula is C23H45N3O6. The van der Waals surface area contributed by atoms with Crippen molar-refractivity contribution in [2.45, 2.75) is 72.8 Å². The monoisotopic (exact) mass is 459 g/mol. The summed E-state index contributed by atoms with van der Waals surface area (Å²) in [5.41, 5.74) is -0.641. The highest BCUT2D eigenvalue weighted by atomic mass is 16.7. The number of rotatable bonds is 13. The zero-order valence-corrected chi connectivity index (χ0v) is 21.1. The number of hydrogen-bond donors (Lipinski definition) is 1.